The molecule has 1 atom stereocenters. The van der Waals surface area contributed by atoms with Crippen LogP contribution in [0.1, 0.15) is 19.8 Å². The summed E-state index contributed by atoms with van der Waals surface area (Å²) in [6.45, 7) is 2.00. The molecule has 0 rings (SSSR count). The molecular weight excluding hydrogens is 186 g/mol. The van der Waals surface area contributed by atoms with Gasteiger partial charge in [0.15, 0.2) is 0 Å². The lowest BCUT2D eigenvalue weighted by molar-refractivity contribution is 0.110. The largest absolute Gasteiger partial charge is 0.504 e. The van der Waals surface area contributed by atoms with Gasteiger partial charge in [0.25, 0.3) is 0 Å². The molecule has 5 heteroatoms. The summed E-state index contributed by atoms with van der Waals surface area (Å²) in [6.07, 6.45) is 1.24. The summed E-state index contributed by atoms with van der Waals surface area (Å²) in [5.41, 5.74) is 0.0671. The number of hydrogen-bond donors (Lipinski definition) is 0. The highest BCUT2D eigenvalue weighted by Crippen LogP contribution is 2.29. The first kappa shape index (κ1) is 12.6. The van der Waals surface area contributed by atoms with Crippen LogP contribution in [0, 0.1) is 11.3 Å². The van der Waals surface area contributed by atoms with Crippen molar-refractivity contribution in [1.82, 2.24) is 0 Å². The fraction of sp³-hybridized carbons (Fsp3) is 0.875. The maximum absolute atomic E-state index is 8.62. The number of hydrogen-bond acceptors (Lipinski definition) is 4. The van der Waals surface area contributed by atoms with Crippen molar-refractivity contribution in [3.8, 4) is 6.07 Å². The van der Waals surface area contributed by atoms with E-state index < -0.39 is 8.80 Å². The summed E-state index contributed by atoms with van der Waals surface area (Å²) in [7, 11) is 2.12. The molecule has 0 amide bonds. The van der Waals surface area contributed by atoms with Crippen molar-refractivity contribution in [1.29, 1.82) is 5.26 Å². The highest BCUT2D eigenvalue weighted by Gasteiger charge is 2.45. The Bertz CT molecular complexity index is 168. The molecule has 76 valence electrons. The minimum atomic E-state index is -2.59. The van der Waals surface area contributed by atoms with Crippen molar-refractivity contribution in [2.75, 3.05) is 21.3 Å². The molecule has 0 heterocycles. The fourth-order valence-electron chi connectivity index (χ4n) is 1.38. The van der Waals surface area contributed by atoms with E-state index in [9.17, 15) is 0 Å². The van der Waals surface area contributed by atoms with Crippen molar-refractivity contribution in [3.63, 3.8) is 0 Å². The Morgan fingerprint density at radius 2 is 1.69 bits per heavy atom. The van der Waals surface area contributed by atoms with Crippen molar-refractivity contribution in [3.05, 3.63) is 0 Å². The minimum Gasteiger partial charge on any atom is -0.377 e. The minimum absolute atomic E-state index is 0.0671. The summed E-state index contributed by atoms with van der Waals surface area (Å²) < 4.78 is 15.9. The van der Waals surface area contributed by atoms with Crippen molar-refractivity contribution >= 4 is 8.80 Å². The molecule has 0 fully saturated rings. The summed E-state index contributed by atoms with van der Waals surface area (Å²) in [5, 5.41) is 8.62. The third-order valence-corrected chi connectivity index (χ3v) is 5.50. The second kappa shape index (κ2) is 6.10. The lowest BCUT2D eigenvalue weighted by Gasteiger charge is -2.30. The van der Waals surface area contributed by atoms with E-state index in [0.717, 1.165) is 6.42 Å². The van der Waals surface area contributed by atoms with Crippen LogP contribution in [-0.4, -0.2) is 30.1 Å². The second-order valence-electron chi connectivity index (χ2n) is 2.68. The van der Waals surface area contributed by atoms with Gasteiger partial charge in [0.1, 0.15) is 0 Å². The molecule has 4 nitrogen and oxygen atoms in total. The lowest BCUT2D eigenvalue weighted by Crippen LogP contribution is -2.47. The van der Waals surface area contributed by atoms with Gasteiger partial charge in [-0.25, -0.2) is 0 Å². The van der Waals surface area contributed by atoms with Crippen LogP contribution < -0.4 is 0 Å². The molecule has 0 saturated heterocycles. The molecule has 0 aromatic heterocycles. The lowest BCUT2D eigenvalue weighted by atomic mass is 10.3. The molecule has 0 saturated carbocycles. The van der Waals surface area contributed by atoms with Crippen LogP contribution in [0.25, 0.3) is 0 Å². The van der Waals surface area contributed by atoms with E-state index in [4.69, 9.17) is 18.5 Å². The summed E-state index contributed by atoms with van der Waals surface area (Å²) in [5.74, 6) is 0. The molecule has 0 aliphatic heterocycles. The van der Waals surface area contributed by atoms with Crippen LogP contribution in [0.5, 0.6) is 0 Å². The zero-order chi connectivity index (χ0) is 10.3. The Balaban J connectivity index is 4.57. The number of nitriles is 1. The Kier molecular flexibility index (Phi) is 5.91. The van der Waals surface area contributed by atoms with Gasteiger partial charge in [-0.2, -0.15) is 5.26 Å². The summed E-state index contributed by atoms with van der Waals surface area (Å²) in [4.78, 5) is 0. The van der Waals surface area contributed by atoms with Gasteiger partial charge in [-0.15, -0.1) is 0 Å². The first-order valence-electron chi connectivity index (χ1n) is 4.23. The first-order valence-corrected chi connectivity index (χ1v) is 6.03. The third kappa shape index (κ3) is 2.78. The van der Waals surface area contributed by atoms with Gasteiger partial charge in [0.05, 0.1) is 6.07 Å². The van der Waals surface area contributed by atoms with Crippen molar-refractivity contribution < 1.29 is 13.3 Å². The summed E-state index contributed by atoms with van der Waals surface area (Å²) in [6, 6.07) is 2.12. The number of nitrogens with zero attached hydrogens (tertiary/aromatic N) is 1. The monoisotopic (exact) mass is 203 g/mol. The van der Waals surface area contributed by atoms with Crippen LogP contribution in [-0.2, 0) is 13.3 Å². The van der Waals surface area contributed by atoms with E-state index >= 15 is 0 Å². The van der Waals surface area contributed by atoms with Gasteiger partial charge in [0, 0.05) is 33.3 Å². The van der Waals surface area contributed by atoms with Gasteiger partial charge in [-0.1, -0.05) is 6.92 Å². The molecule has 0 bridgehead atoms. The molecule has 0 aromatic carbocycles. The maximum atomic E-state index is 8.62. The van der Waals surface area contributed by atoms with Crippen LogP contribution in [0.4, 0.5) is 0 Å². The average molecular weight is 203 g/mol. The van der Waals surface area contributed by atoms with E-state index in [-0.39, 0.29) is 5.54 Å². The van der Waals surface area contributed by atoms with Crippen molar-refractivity contribution in [2.24, 2.45) is 0 Å². The fourth-order valence-corrected chi connectivity index (χ4v) is 3.72. The Morgan fingerprint density at radius 1 is 1.23 bits per heavy atom. The highest BCUT2D eigenvalue weighted by atomic mass is 28.4. The Labute approximate surface area is 80.8 Å². The van der Waals surface area contributed by atoms with E-state index in [1.54, 1.807) is 21.3 Å². The second-order valence-corrected chi connectivity index (χ2v) is 5.93. The molecule has 0 radical (unpaired) electrons. The van der Waals surface area contributed by atoms with Gasteiger partial charge in [0.2, 0.25) is 0 Å². The van der Waals surface area contributed by atoms with Crippen LogP contribution in [0.3, 0.4) is 0 Å². The van der Waals surface area contributed by atoms with E-state index in [1.807, 2.05) is 6.92 Å². The van der Waals surface area contributed by atoms with Crippen LogP contribution in [0.15, 0.2) is 0 Å². The van der Waals surface area contributed by atoms with E-state index in [2.05, 4.69) is 6.07 Å². The maximum Gasteiger partial charge on any atom is 0.504 e. The van der Waals surface area contributed by atoms with Gasteiger partial charge in [-0.3, -0.25) is 0 Å². The first-order chi connectivity index (χ1) is 6.20. The molecule has 0 N–H and O–H groups in total. The van der Waals surface area contributed by atoms with Gasteiger partial charge < -0.3 is 13.3 Å². The molecular formula is C8H17NO3Si. The van der Waals surface area contributed by atoms with Crippen LogP contribution in [0.2, 0.25) is 5.54 Å². The molecule has 0 aliphatic carbocycles. The SMILES string of the molecule is CCC(CC#N)[Si](OC)(OC)OC. The normalized spacial score (nSPS) is 13.8. The predicted octanol–water partition coefficient (Wildman–Crippen LogP) is 1.56. The summed E-state index contributed by atoms with van der Waals surface area (Å²) >= 11 is 0. The number of rotatable bonds is 6. The Morgan fingerprint density at radius 3 is 1.92 bits per heavy atom. The van der Waals surface area contributed by atoms with Crippen molar-refractivity contribution in [2.45, 2.75) is 25.3 Å². The highest BCUT2D eigenvalue weighted by molar-refractivity contribution is 6.62. The van der Waals surface area contributed by atoms with E-state index in [0.29, 0.717) is 6.42 Å². The molecule has 0 spiro atoms. The topological polar surface area (TPSA) is 51.5 Å². The van der Waals surface area contributed by atoms with E-state index in [1.165, 1.54) is 0 Å². The molecule has 13 heavy (non-hydrogen) atoms. The van der Waals surface area contributed by atoms with Crippen LogP contribution >= 0.6 is 0 Å². The van der Waals surface area contributed by atoms with Gasteiger partial charge >= 0.3 is 8.80 Å². The smallest absolute Gasteiger partial charge is 0.377 e. The molecule has 0 aliphatic rings. The van der Waals surface area contributed by atoms with Gasteiger partial charge in [-0.05, 0) is 6.42 Å². The third-order valence-electron chi connectivity index (χ3n) is 2.18. The average Bonchev–Trinajstić information content (AvgIpc) is 2.19. The molecule has 0 aromatic rings. The zero-order valence-corrected chi connectivity index (χ0v) is 9.66. The zero-order valence-electron chi connectivity index (χ0n) is 8.66. The predicted molar refractivity (Wildman–Crippen MR) is 51.1 cm³/mol. The Hall–Kier alpha value is -0.413. The molecule has 1 unspecified atom stereocenters. The quantitative estimate of drug-likeness (QED) is 0.615. The standard InChI is InChI=1S/C8H17NO3Si/c1-5-8(6-7-9)13(10-2,11-3)12-4/h8H,5-6H2,1-4H3.